The van der Waals surface area contributed by atoms with Gasteiger partial charge in [-0.3, -0.25) is 4.79 Å². The van der Waals surface area contributed by atoms with E-state index in [1.807, 2.05) is 6.92 Å². The number of halogens is 3. The van der Waals surface area contributed by atoms with E-state index in [1.165, 1.54) is 29.2 Å². The lowest BCUT2D eigenvalue weighted by atomic mass is 10.1. The first kappa shape index (κ1) is 32.1. The average molecular weight is 610 g/mol. The molecule has 1 amide bonds. The summed E-state index contributed by atoms with van der Waals surface area (Å²) in [6.07, 6.45) is -2.04. The van der Waals surface area contributed by atoms with Gasteiger partial charge < -0.3 is 25.8 Å². The van der Waals surface area contributed by atoms with Crippen LogP contribution in [-0.4, -0.2) is 72.4 Å². The molecule has 1 aliphatic rings. The second-order valence-electron chi connectivity index (χ2n) is 9.06. The van der Waals surface area contributed by atoms with Gasteiger partial charge in [0.2, 0.25) is 15.9 Å². The van der Waals surface area contributed by atoms with Gasteiger partial charge in [0, 0.05) is 26.2 Å². The predicted octanol–water partition coefficient (Wildman–Crippen LogP) is 2.61. The van der Waals surface area contributed by atoms with Gasteiger partial charge in [-0.2, -0.15) is 4.31 Å². The number of nitrogens with one attached hydrogen (secondary N) is 1. The Hall–Kier alpha value is -4.37. The zero-order chi connectivity index (χ0) is 31.1. The zero-order valence-corrected chi connectivity index (χ0v) is 23.4. The maximum absolute atomic E-state index is 13.6. The standard InChI is InChI=1S/C27H30F3N5O6S/c1-3-18-7-11-21(12-8-18)42(39,40)35-14-13-34(24(31)16-32-22(4-2)26(37)38)17-23(35)25(36)33-15-19-5-9-20(10-6-19)41-27(28,29)30/h4-12,16,23H,2-3,13-15,17,31H2,1H3,(H,33,36)(H,37,38)/b24-16+,32-22+/t23-/m1/s1. The Morgan fingerprint density at radius 2 is 1.76 bits per heavy atom. The molecule has 0 radical (unpaired) electrons. The number of aliphatic imine (C=N–C) groups is 1. The largest absolute Gasteiger partial charge is 0.573 e. The van der Waals surface area contributed by atoms with Crippen LogP contribution in [0.1, 0.15) is 18.1 Å². The molecule has 0 saturated carbocycles. The van der Waals surface area contributed by atoms with Crippen LogP contribution in [0.15, 0.2) is 83.1 Å². The summed E-state index contributed by atoms with van der Waals surface area (Å²) in [5.41, 5.74) is 7.10. The quantitative estimate of drug-likeness (QED) is 0.329. The number of rotatable bonds is 11. The molecule has 0 aromatic heterocycles. The molecule has 226 valence electrons. The lowest BCUT2D eigenvalue weighted by molar-refractivity contribution is -0.274. The van der Waals surface area contributed by atoms with Crippen LogP contribution in [0, 0.1) is 0 Å². The van der Waals surface area contributed by atoms with Gasteiger partial charge in [0.05, 0.1) is 11.1 Å². The monoisotopic (exact) mass is 609 g/mol. The molecule has 2 aromatic carbocycles. The molecule has 0 bridgehead atoms. The fourth-order valence-corrected chi connectivity index (χ4v) is 5.63. The maximum Gasteiger partial charge on any atom is 0.573 e. The minimum absolute atomic E-state index is 0.00185. The van der Waals surface area contributed by atoms with E-state index in [4.69, 9.17) is 10.8 Å². The summed E-state index contributed by atoms with van der Waals surface area (Å²) in [6, 6.07) is 9.87. The van der Waals surface area contributed by atoms with E-state index in [0.29, 0.717) is 12.0 Å². The smallest absolute Gasteiger partial charge is 0.477 e. The zero-order valence-electron chi connectivity index (χ0n) is 22.5. The van der Waals surface area contributed by atoms with Crippen molar-refractivity contribution in [1.82, 2.24) is 14.5 Å². The van der Waals surface area contributed by atoms with Gasteiger partial charge in [0.15, 0.2) is 0 Å². The second kappa shape index (κ2) is 13.5. The lowest BCUT2D eigenvalue weighted by Gasteiger charge is -2.40. The number of sulfonamides is 1. The number of aryl methyl sites for hydroxylation is 1. The number of benzene rings is 2. The number of hydrogen-bond acceptors (Lipinski definition) is 8. The van der Waals surface area contributed by atoms with Crippen molar-refractivity contribution < 1.29 is 41.0 Å². The van der Waals surface area contributed by atoms with Crippen molar-refractivity contribution in [2.75, 3.05) is 19.6 Å². The molecule has 2 aromatic rings. The third-order valence-corrected chi connectivity index (χ3v) is 8.23. The van der Waals surface area contributed by atoms with Gasteiger partial charge in [-0.05, 0) is 47.9 Å². The van der Waals surface area contributed by atoms with Crippen LogP contribution in [0.2, 0.25) is 0 Å². The number of ether oxygens (including phenoxy) is 1. The fraction of sp³-hybridized carbons (Fsp3) is 0.296. The third kappa shape index (κ3) is 8.33. The Balaban J connectivity index is 1.85. The van der Waals surface area contributed by atoms with E-state index in [1.54, 1.807) is 12.1 Å². The maximum atomic E-state index is 13.6. The Morgan fingerprint density at radius 3 is 2.31 bits per heavy atom. The van der Waals surface area contributed by atoms with Crippen molar-refractivity contribution in [2.45, 2.75) is 37.2 Å². The van der Waals surface area contributed by atoms with Gasteiger partial charge in [-0.15, -0.1) is 13.2 Å². The molecule has 1 atom stereocenters. The number of piperazine rings is 1. The molecule has 3 rings (SSSR count). The van der Waals surface area contributed by atoms with Crippen LogP contribution in [0.4, 0.5) is 13.2 Å². The van der Waals surface area contributed by atoms with Crippen molar-refractivity contribution in [3.05, 3.63) is 84.3 Å². The van der Waals surface area contributed by atoms with E-state index >= 15 is 0 Å². The van der Waals surface area contributed by atoms with Gasteiger partial charge in [-0.1, -0.05) is 37.8 Å². The van der Waals surface area contributed by atoms with Gasteiger partial charge in [0.1, 0.15) is 23.3 Å². The van der Waals surface area contributed by atoms with E-state index in [0.717, 1.165) is 34.3 Å². The van der Waals surface area contributed by atoms with Crippen molar-refractivity contribution in [3.63, 3.8) is 0 Å². The summed E-state index contributed by atoms with van der Waals surface area (Å²) >= 11 is 0. The van der Waals surface area contributed by atoms with E-state index in [-0.39, 0.29) is 42.6 Å². The van der Waals surface area contributed by atoms with E-state index in [9.17, 15) is 31.2 Å². The number of amides is 1. The first-order valence-electron chi connectivity index (χ1n) is 12.6. The SMILES string of the molecule is C=C/C(=N\C=C(/N)N1CCN(S(=O)(=O)c2ccc(CC)cc2)[C@@H](C(=O)NCc2ccc(OC(F)(F)F)cc2)C1)C(=O)O. The van der Waals surface area contributed by atoms with Crippen LogP contribution in [-0.2, 0) is 32.6 Å². The summed E-state index contributed by atoms with van der Waals surface area (Å²) in [5, 5.41) is 11.8. The van der Waals surface area contributed by atoms with Crippen molar-refractivity contribution >= 4 is 27.6 Å². The molecule has 0 spiro atoms. The number of carboxylic acid groups (broad SMARTS) is 1. The molecule has 0 aliphatic carbocycles. The van der Waals surface area contributed by atoms with Crippen LogP contribution < -0.4 is 15.8 Å². The summed E-state index contributed by atoms with van der Waals surface area (Å²) in [6.45, 7) is 4.94. The Labute approximate surface area is 240 Å². The first-order chi connectivity index (χ1) is 19.7. The number of nitrogens with two attached hydrogens (primary N) is 1. The lowest BCUT2D eigenvalue weighted by Crippen LogP contribution is -2.60. The van der Waals surface area contributed by atoms with Crippen LogP contribution >= 0.6 is 0 Å². The van der Waals surface area contributed by atoms with Crippen molar-refractivity contribution in [1.29, 1.82) is 0 Å². The highest BCUT2D eigenvalue weighted by atomic mass is 32.2. The van der Waals surface area contributed by atoms with Gasteiger partial charge >= 0.3 is 12.3 Å². The number of hydrogen-bond donors (Lipinski definition) is 3. The molecule has 11 nitrogen and oxygen atoms in total. The van der Waals surface area contributed by atoms with Crippen LogP contribution in [0.3, 0.4) is 0 Å². The van der Waals surface area contributed by atoms with Crippen LogP contribution in [0.5, 0.6) is 5.75 Å². The van der Waals surface area contributed by atoms with E-state index < -0.39 is 40.1 Å². The minimum Gasteiger partial charge on any atom is -0.477 e. The van der Waals surface area contributed by atoms with Crippen molar-refractivity contribution in [2.24, 2.45) is 10.7 Å². The molecular formula is C27H30F3N5O6S. The predicted molar refractivity (Wildman–Crippen MR) is 148 cm³/mol. The van der Waals surface area contributed by atoms with Gasteiger partial charge in [-0.25, -0.2) is 18.2 Å². The number of carbonyl (C=O) groups is 2. The van der Waals surface area contributed by atoms with Crippen LogP contribution in [0.25, 0.3) is 0 Å². The second-order valence-corrected chi connectivity index (χ2v) is 11.0. The Kier molecular flexibility index (Phi) is 10.4. The molecule has 1 saturated heterocycles. The normalized spacial score (nSPS) is 17.0. The highest BCUT2D eigenvalue weighted by Gasteiger charge is 2.40. The number of carboxylic acids is 1. The fourth-order valence-electron chi connectivity index (χ4n) is 4.06. The molecule has 4 N–H and O–H groups in total. The highest BCUT2D eigenvalue weighted by Crippen LogP contribution is 2.25. The van der Waals surface area contributed by atoms with E-state index in [2.05, 4.69) is 21.6 Å². The first-order valence-corrected chi connectivity index (χ1v) is 14.1. The Morgan fingerprint density at radius 1 is 1.14 bits per heavy atom. The molecule has 0 unspecified atom stereocenters. The molecule has 42 heavy (non-hydrogen) atoms. The summed E-state index contributed by atoms with van der Waals surface area (Å²) in [5.74, 6) is -2.44. The summed E-state index contributed by atoms with van der Waals surface area (Å²) < 4.78 is 69.4. The summed E-state index contributed by atoms with van der Waals surface area (Å²) in [7, 11) is -4.13. The average Bonchev–Trinajstić information content (AvgIpc) is 2.95. The molecule has 1 fully saturated rings. The van der Waals surface area contributed by atoms with Crippen molar-refractivity contribution in [3.8, 4) is 5.75 Å². The number of nitrogens with zero attached hydrogens (tertiary/aromatic N) is 3. The number of carbonyl (C=O) groups excluding carboxylic acids is 1. The number of alkyl halides is 3. The molecule has 15 heteroatoms. The topological polar surface area (TPSA) is 155 Å². The van der Waals surface area contributed by atoms with Gasteiger partial charge in [0.25, 0.3) is 0 Å². The molecule has 1 aliphatic heterocycles. The molecular weight excluding hydrogens is 579 g/mol. The third-order valence-electron chi connectivity index (χ3n) is 6.31. The summed E-state index contributed by atoms with van der Waals surface area (Å²) in [4.78, 5) is 29.8. The minimum atomic E-state index is -4.85. The highest BCUT2D eigenvalue weighted by molar-refractivity contribution is 7.89. The number of aliphatic carboxylic acids is 1. The Bertz CT molecular complexity index is 1460. The molecule has 1 heterocycles.